The Labute approximate surface area is 201 Å². The van der Waals surface area contributed by atoms with Crippen molar-refractivity contribution in [1.82, 2.24) is 30.0 Å². The molecule has 11 heteroatoms. The molecule has 1 aliphatic heterocycles. The summed E-state index contributed by atoms with van der Waals surface area (Å²) < 4.78 is 4.99. The smallest absolute Gasteiger partial charge is 0.248 e. The molecule has 0 bridgehead atoms. The topological polar surface area (TPSA) is 112 Å². The zero-order valence-electron chi connectivity index (χ0n) is 19.3. The highest BCUT2D eigenvalue weighted by molar-refractivity contribution is 7.21. The number of anilines is 3. The van der Waals surface area contributed by atoms with Gasteiger partial charge in [-0.05, 0) is 32.0 Å². The van der Waals surface area contributed by atoms with E-state index in [1.54, 1.807) is 19.5 Å². The predicted molar refractivity (Wildman–Crippen MR) is 133 cm³/mol. The highest BCUT2D eigenvalue weighted by atomic mass is 32.1. The third kappa shape index (κ3) is 4.44. The van der Waals surface area contributed by atoms with Gasteiger partial charge in [-0.25, -0.2) is 15.0 Å². The number of nitrogens with one attached hydrogen (secondary N) is 2. The van der Waals surface area contributed by atoms with Crippen molar-refractivity contribution in [2.45, 2.75) is 19.9 Å². The van der Waals surface area contributed by atoms with Crippen molar-refractivity contribution in [2.75, 3.05) is 43.6 Å². The number of ether oxygens (including phenoxy) is 1. The van der Waals surface area contributed by atoms with Crippen LogP contribution >= 0.6 is 11.3 Å². The Morgan fingerprint density at radius 1 is 1.29 bits per heavy atom. The molecular weight excluding hydrogens is 452 g/mol. The maximum Gasteiger partial charge on any atom is 0.248 e. The van der Waals surface area contributed by atoms with E-state index in [0.29, 0.717) is 18.9 Å². The number of aromatic nitrogens is 5. The SMILES string of the molecule is COCC(=O)N1CCN(c2ccnc(Nc3nc4ccc(-c5cn[nH]c5C)nc4s3)c2)C(C)C1. The van der Waals surface area contributed by atoms with E-state index in [4.69, 9.17) is 9.72 Å². The molecule has 5 heterocycles. The number of hydrogen-bond acceptors (Lipinski definition) is 9. The number of H-pyrrole nitrogens is 1. The lowest BCUT2D eigenvalue weighted by atomic mass is 10.1. The van der Waals surface area contributed by atoms with Crippen molar-refractivity contribution >= 4 is 44.2 Å². The van der Waals surface area contributed by atoms with E-state index in [1.807, 2.05) is 36.1 Å². The average molecular weight is 479 g/mol. The molecule has 0 radical (unpaired) electrons. The number of fused-ring (bicyclic) bond motifs is 1. The Morgan fingerprint density at radius 3 is 2.94 bits per heavy atom. The normalized spacial score (nSPS) is 16.3. The first-order chi connectivity index (χ1) is 16.5. The van der Waals surface area contributed by atoms with Crippen LogP contribution in [0.2, 0.25) is 0 Å². The van der Waals surface area contributed by atoms with Crippen LogP contribution in [0.3, 0.4) is 0 Å². The third-order valence-electron chi connectivity index (χ3n) is 5.92. The standard InChI is InChI=1S/C23H26N8O2S/c1-14-12-30(21(32)13-33-3)8-9-31(14)16-6-7-24-20(10-16)28-23-27-19-5-4-18(26-22(19)34-23)17-11-25-29-15(17)2/h4-7,10-11,14H,8-9,12-13H2,1-3H3,(H,25,29)(H,24,27,28). The van der Waals surface area contributed by atoms with Gasteiger partial charge in [0.25, 0.3) is 0 Å². The summed E-state index contributed by atoms with van der Waals surface area (Å²) >= 11 is 1.49. The molecule has 0 aliphatic carbocycles. The number of hydrogen-bond donors (Lipinski definition) is 2. The van der Waals surface area contributed by atoms with Gasteiger partial charge in [-0.3, -0.25) is 9.89 Å². The molecular formula is C23H26N8O2S. The molecule has 1 fully saturated rings. The number of aryl methyl sites for hydroxylation is 1. The van der Waals surface area contributed by atoms with Gasteiger partial charge in [0.05, 0.1) is 11.9 Å². The predicted octanol–water partition coefficient (Wildman–Crippen LogP) is 3.21. The van der Waals surface area contributed by atoms with Crippen molar-refractivity contribution < 1.29 is 9.53 Å². The van der Waals surface area contributed by atoms with Crippen LogP contribution in [0.1, 0.15) is 12.6 Å². The van der Waals surface area contributed by atoms with Crippen LogP contribution in [0.4, 0.5) is 16.6 Å². The van der Waals surface area contributed by atoms with Crippen LogP contribution in [0.5, 0.6) is 0 Å². The Balaban J connectivity index is 1.31. The zero-order valence-corrected chi connectivity index (χ0v) is 20.1. The number of amides is 1. The highest BCUT2D eigenvalue weighted by Gasteiger charge is 2.27. The summed E-state index contributed by atoms with van der Waals surface area (Å²) in [6, 6.07) is 8.13. The first-order valence-corrected chi connectivity index (χ1v) is 11.9. The molecule has 1 saturated heterocycles. The van der Waals surface area contributed by atoms with E-state index in [9.17, 15) is 4.79 Å². The number of pyridine rings is 2. The van der Waals surface area contributed by atoms with E-state index < -0.39 is 0 Å². The highest BCUT2D eigenvalue weighted by Crippen LogP contribution is 2.30. The second kappa shape index (κ2) is 9.35. The Bertz CT molecular complexity index is 1320. The fourth-order valence-electron chi connectivity index (χ4n) is 4.19. The van der Waals surface area contributed by atoms with Crippen LogP contribution < -0.4 is 10.2 Å². The molecule has 34 heavy (non-hydrogen) atoms. The van der Waals surface area contributed by atoms with Gasteiger partial charge in [-0.2, -0.15) is 5.10 Å². The minimum absolute atomic E-state index is 0.0293. The molecule has 0 spiro atoms. The number of carbonyl (C=O) groups is 1. The molecule has 1 unspecified atom stereocenters. The minimum Gasteiger partial charge on any atom is -0.375 e. The van der Waals surface area contributed by atoms with Crippen LogP contribution in [0.15, 0.2) is 36.7 Å². The van der Waals surface area contributed by atoms with Gasteiger partial charge in [-0.15, -0.1) is 0 Å². The lowest BCUT2D eigenvalue weighted by molar-refractivity contribution is -0.135. The second-order valence-electron chi connectivity index (χ2n) is 8.29. The fraction of sp³-hybridized carbons (Fsp3) is 0.348. The van der Waals surface area contributed by atoms with E-state index in [-0.39, 0.29) is 18.6 Å². The summed E-state index contributed by atoms with van der Waals surface area (Å²) in [7, 11) is 1.55. The molecule has 1 amide bonds. The van der Waals surface area contributed by atoms with Crippen molar-refractivity contribution in [3.63, 3.8) is 0 Å². The van der Waals surface area contributed by atoms with Crippen molar-refractivity contribution in [1.29, 1.82) is 0 Å². The largest absolute Gasteiger partial charge is 0.375 e. The maximum atomic E-state index is 12.2. The van der Waals surface area contributed by atoms with Gasteiger partial charge in [0.2, 0.25) is 5.91 Å². The molecule has 176 valence electrons. The zero-order chi connectivity index (χ0) is 23.7. The van der Waals surface area contributed by atoms with Crippen molar-refractivity contribution in [2.24, 2.45) is 0 Å². The molecule has 4 aromatic rings. The number of methoxy groups -OCH3 is 1. The van der Waals surface area contributed by atoms with Crippen LogP contribution in [-0.2, 0) is 9.53 Å². The van der Waals surface area contributed by atoms with Gasteiger partial charge in [0, 0.05) is 62.0 Å². The molecule has 0 saturated carbocycles. The molecule has 0 aromatic carbocycles. The number of rotatable bonds is 6. The van der Waals surface area contributed by atoms with Crippen LogP contribution in [-0.4, -0.2) is 75.3 Å². The van der Waals surface area contributed by atoms with E-state index in [2.05, 4.69) is 37.3 Å². The number of aromatic amines is 1. The number of carbonyl (C=O) groups excluding carboxylic acids is 1. The average Bonchev–Trinajstić information content (AvgIpc) is 3.44. The summed E-state index contributed by atoms with van der Waals surface area (Å²) in [5.74, 6) is 0.745. The Hall–Kier alpha value is -3.57. The maximum absolute atomic E-state index is 12.2. The van der Waals surface area contributed by atoms with E-state index in [1.165, 1.54) is 11.3 Å². The Kier molecular flexibility index (Phi) is 6.12. The van der Waals surface area contributed by atoms with Crippen LogP contribution in [0, 0.1) is 6.92 Å². The molecule has 10 nitrogen and oxygen atoms in total. The Morgan fingerprint density at radius 2 is 2.18 bits per heavy atom. The summed E-state index contributed by atoms with van der Waals surface area (Å²) in [5, 5.41) is 11.1. The molecule has 5 rings (SSSR count). The molecule has 2 N–H and O–H groups in total. The van der Waals surface area contributed by atoms with E-state index in [0.717, 1.165) is 44.7 Å². The number of piperazine rings is 1. The first kappa shape index (κ1) is 22.2. The minimum atomic E-state index is 0.0293. The monoisotopic (exact) mass is 478 g/mol. The summed E-state index contributed by atoms with van der Waals surface area (Å²) in [5.41, 5.74) is 4.72. The fourth-order valence-corrected chi connectivity index (χ4v) is 5.03. The van der Waals surface area contributed by atoms with Crippen molar-refractivity contribution in [3.8, 4) is 11.3 Å². The summed E-state index contributed by atoms with van der Waals surface area (Å²) in [4.78, 5) is 31.1. The van der Waals surface area contributed by atoms with E-state index >= 15 is 0 Å². The quantitative estimate of drug-likeness (QED) is 0.434. The molecule has 1 atom stereocenters. The van der Waals surface area contributed by atoms with Gasteiger partial charge in [0.1, 0.15) is 22.8 Å². The van der Waals surface area contributed by atoms with Gasteiger partial charge >= 0.3 is 0 Å². The lowest BCUT2D eigenvalue weighted by Crippen LogP contribution is -2.54. The van der Waals surface area contributed by atoms with Crippen LogP contribution in [0.25, 0.3) is 21.6 Å². The summed E-state index contributed by atoms with van der Waals surface area (Å²) in [6.45, 7) is 6.30. The number of thiazole rings is 1. The second-order valence-corrected chi connectivity index (χ2v) is 9.27. The number of nitrogens with zero attached hydrogens (tertiary/aromatic N) is 6. The van der Waals surface area contributed by atoms with Gasteiger partial charge in [-0.1, -0.05) is 11.3 Å². The van der Waals surface area contributed by atoms with Crippen molar-refractivity contribution in [3.05, 3.63) is 42.4 Å². The third-order valence-corrected chi connectivity index (χ3v) is 6.80. The molecule has 1 aliphatic rings. The lowest BCUT2D eigenvalue weighted by Gasteiger charge is -2.41. The first-order valence-electron chi connectivity index (χ1n) is 11.1. The molecule has 4 aromatic heterocycles. The summed E-state index contributed by atoms with van der Waals surface area (Å²) in [6.07, 6.45) is 3.58. The van der Waals surface area contributed by atoms with Gasteiger partial charge in [0.15, 0.2) is 5.13 Å². The van der Waals surface area contributed by atoms with Gasteiger partial charge < -0.3 is 19.9 Å².